The molecule has 140 valence electrons. The second kappa shape index (κ2) is 7.57. The Morgan fingerprint density at radius 2 is 1.85 bits per heavy atom. The van der Waals surface area contributed by atoms with E-state index in [2.05, 4.69) is 17.1 Å². The second-order valence-electron chi connectivity index (χ2n) is 6.71. The Bertz CT molecular complexity index is 866. The summed E-state index contributed by atoms with van der Waals surface area (Å²) < 4.78 is 26.8. The molecule has 1 fully saturated rings. The molecule has 0 saturated carbocycles. The van der Waals surface area contributed by atoms with Crippen LogP contribution in [0.1, 0.15) is 42.1 Å². The van der Waals surface area contributed by atoms with E-state index in [1.165, 1.54) is 16.5 Å². The fraction of sp³-hybridized carbons (Fsp3) is 0.500. The molecule has 2 heterocycles. The highest BCUT2D eigenvalue weighted by molar-refractivity contribution is 7.91. The lowest BCUT2D eigenvalue weighted by molar-refractivity contribution is 0.0725. The van der Waals surface area contributed by atoms with Gasteiger partial charge in [-0.15, -0.1) is 10.2 Å². The molecular formula is C18H24N4O3S. The molecule has 3 rings (SSSR count). The summed E-state index contributed by atoms with van der Waals surface area (Å²) in [7, 11) is -1.90. The quantitative estimate of drug-likeness (QED) is 0.795. The number of hydrogen-bond acceptors (Lipinski definition) is 5. The number of nitrogens with zero attached hydrogens (tertiary/aromatic N) is 4. The minimum absolute atomic E-state index is 0.00575. The third-order valence-electron chi connectivity index (χ3n) is 4.83. The standard InChI is InChI=1S/C18H24N4O3S/c1-3-4-14-5-7-15(8-6-14)17(23)22-11-9-16(10-12-22)26(24,25)18-20-19-13-21(18)2/h5-8,13,16H,3-4,9-12H2,1-2H3. The van der Waals surface area contributed by atoms with Gasteiger partial charge in [-0.2, -0.15) is 0 Å². The number of benzene rings is 1. The molecule has 7 nitrogen and oxygen atoms in total. The Balaban J connectivity index is 1.64. The van der Waals surface area contributed by atoms with Gasteiger partial charge in [-0.25, -0.2) is 8.42 Å². The summed E-state index contributed by atoms with van der Waals surface area (Å²) in [6.07, 6.45) is 4.28. The average Bonchev–Trinajstić information content (AvgIpc) is 3.09. The summed E-state index contributed by atoms with van der Waals surface area (Å²) in [6.45, 7) is 2.98. The van der Waals surface area contributed by atoms with E-state index in [9.17, 15) is 13.2 Å². The summed E-state index contributed by atoms with van der Waals surface area (Å²) in [4.78, 5) is 14.4. The van der Waals surface area contributed by atoms with Gasteiger partial charge >= 0.3 is 0 Å². The van der Waals surface area contributed by atoms with Gasteiger partial charge < -0.3 is 9.47 Å². The van der Waals surface area contributed by atoms with E-state index in [-0.39, 0.29) is 11.1 Å². The first-order valence-corrected chi connectivity index (χ1v) is 10.4. The van der Waals surface area contributed by atoms with Crippen molar-refractivity contribution in [2.75, 3.05) is 13.1 Å². The highest BCUT2D eigenvalue weighted by Crippen LogP contribution is 2.24. The highest BCUT2D eigenvalue weighted by Gasteiger charge is 2.35. The summed E-state index contributed by atoms with van der Waals surface area (Å²) in [5.41, 5.74) is 1.87. The van der Waals surface area contributed by atoms with Crippen LogP contribution < -0.4 is 0 Å². The molecule has 1 aliphatic rings. The maximum absolute atomic E-state index is 12.7. The molecular weight excluding hydrogens is 352 g/mol. The van der Waals surface area contributed by atoms with Crippen molar-refractivity contribution < 1.29 is 13.2 Å². The van der Waals surface area contributed by atoms with Gasteiger partial charge in [0.15, 0.2) is 0 Å². The number of likely N-dealkylation sites (tertiary alicyclic amines) is 1. The largest absolute Gasteiger partial charge is 0.339 e. The van der Waals surface area contributed by atoms with E-state index in [0.29, 0.717) is 31.5 Å². The predicted molar refractivity (Wildman–Crippen MR) is 97.6 cm³/mol. The van der Waals surface area contributed by atoms with Crippen LogP contribution in [-0.2, 0) is 23.3 Å². The third-order valence-corrected chi connectivity index (χ3v) is 7.06. The van der Waals surface area contributed by atoms with Gasteiger partial charge in [0, 0.05) is 25.7 Å². The van der Waals surface area contributed by atoms with Crippen LogP contribution in [0.2, 0.25) is 0 Å². The molecule has 1 aromatic carbocycles. The summed E-state index contributed by atoms with van der Waals surface area (Å²) in [5, 5.41) is 6.86. The van der Waals surface area contributed by atoms with Gasteiger partial charge in [0.1, 0.15) is 6.33 Å². The van der Waals surface area contributed by atoms with Crippen LogP contribution in [0, 0.1) is 0 Å². The number of aryl methyl sites for hydroxylation is 2. The highest BCUT2D eigenvalue weighted by atomic mass is 32.2. The van der Waals surface area contributed by atoms with Crippen LogP contribution in [0.4, 0.5) is 0 Å². The zero-order chi connectivity index (χ0) is 18.7. The molecule has 1 aromatic heterocycles. The Morgan fingerprint density at radius 1 is 1.19 bits per heavy atom. The Labute approximate surface area is 154 Å². The molecule has 0 bridgehead atoms. The van der Waals surface area contributed by atoms with Crippen LogP contribution in [-0.4, -0.2) is 52.3 Å². The fourth-order valence-corrected chi connectivity index (χ4v) is 5.07. The lowest BCUT2D eigenvalue weighted by Crippen LogP contribution is -2.42. The zero-order valence-electron chi connectivity index (χ0n) is 15.1. The topological polar surface area (TPSA) is 85.2 Å². The number of sulfone groups is 1. The first-order valence-electron chi connectivity index (χ1n) is 8.89. The van der Waals surface area contributed by atoms with Crippen LogP contribution in [0.25, 0.3) is 0 Å². The van der Waals surface area contributed by atoms with E-state index in [1.807, 2.05) is 24.3 Å². The number of rotatable bonds is 5. The molecule has 0 unspecified atom stereocenters. The third kappa shape index (κ3) is 3.65. The van der Waals surface area contributed by atoms with Crippen molar-refractivity contribution in [3.8, 4) is 0 Å². The monoisotopic (exact) mass is 376 g/mol. The lowest BCUT2D eigenvalue weighted by Gasteiger charge is -2.31. The van der Waals surface area contributed by atoms with Gasteiger partial charge in [-0.05, 0) is 37.0 Å². The molecule has 1 amide bonds. The van der Waals surface area contributed by atoms with Crippen LogP contribution in [0.15, 0.2) is 35.7 Å². The van der Waals surface area contributed by atoms with E-state index in [0.717, 1.165) is 12.8 Å². The zero-order valence-corrected chi connectivity index (χ0v) is 15.9. The van der Waals surface area contributed by atoms with Crippen LogP contribution in [0.5, 0.6) is 0 Å². The van der Waals surface area contributed by atoms with E-state index >= 15 is 0 Å². The minimum atomic E-state index is -3.52. The van der Waals surface area contributed by atoms with Gasteiger partial charge in [0.05, 0.1) is 5.25 Å². The normalized spacial score (nSPS) is 16.0. The number of piperidine rings is 1. The fourth-order valence-electron chi connectivity index (χ4n) is 3.33. The van der Waals surface area contributed by atoms with Gasteiger partial charge in [-0.3, -0.25) is 4.79 Å². The number of carbonyl (C=O) groups is 1. The molecule has 0 aliphatic carbocycles. The smallest absolute Gasteiger partial charge is 0.253 e. The van der Waals surface area contributed by atoms with E-state index in [4.69, 9.17) is 0 Å². The molecule has 0 N–H and O–H groups in total. The first kappa shape index (κ1) is 18.6. The van der Waals surface area contributed by atoms with Crippen molar-refractivity contribution in [1.29, 1.82) is 0 Å². The van der Waals surface area contributed by atoms with Gasteiger partial charge in [0.2, 0.25) is 15.0 Å². The van der Waals surface area contributed by atoms with E-state index < -0.39 is 15.1 Å². The minimum Gasteiger partial charge on any atom is -0.339 e. The van der Waals surface area contributed by atoms with Crippen molar-refractivity contribution >= 4 is 15.7 Å². The van der Waals surface area contributed by atoms with Crippen LogP contribution in [0.3, 0.4) is 0 Å². The molecule has 0 atom stereocenters. The number of hydrogen-bond donors (Lipinski definition) is 0. The van der Waals surface area contributed by atoms with Gasteiger partial charge in [-0.1, -0.05) is 25.5 Å². The lowest BCUT2D eigenvalue weighted by atomic mass is 10.1. The Hall–Kier alpha value is -2.22. The van der Waals surface area contributed by atoms with Crippen LogP contribution >= 0.6 is 0 Å². The number of aromatic nitrogens is 3. The Kier molecular flexibility index (Phi) is 5.41. The first-order chi connectivity index (χ1) is 12.4. The Morgan fingerprint density at radius 3 is 2.38 bits per heavy atom. The van der Waals surface area contributed by atoms with Gasteiger partial charge in [0.25, 0.3) is 5.91 Å². The number of amides is 1. The van der Waals surface area contributed by atoms with Crippen molar-refractivity contribution in [1.82, 2.24) is 19.7 Å². The predicted octanol–water partition coefficient (Wildman–Crippen LogP) is 1.85. The number of carbonyl (C=O) groups excluding carboxylic acids is 1. The molecule has 0 spiro atoms. The summed E-state index contributed by atoms with van der Waals surface area (Å²) in [6, 6.07) is 7.69. The summed E-state index contributed by atoms with van der Waals surface area (Å²) >= 11 is 0. The van der Waals surface area contributed by atoms with Crippen molar-refractivity contribution in [2.24, 2.45) is 7.05 Å². The molecule has 0 radical (unpaired) electrons. The summed E-state index contributed by atoms with van der Waals surface area (Å²) in [5.74, 6) is -0.0393. The molecule has 1 aliphatic heterocycles. The SMILES string of the molecule is CCCc1ccc(C(=O)N2CCC(S(=O)(=O)c3nncn3C)CC2)cc1. The maximum Gasteiger partial charge on any atom is 0.253 e. The van der Waals surface area contributed by atoms with E-state index in [1.54, 1.807) is 11.9 Å². The molecule has 2 aromatic rings. The molecule has 26 heavy (non-hydrogen) atoms. The second-order valence-corrected chi connectivity index (χ2v) is 8.83. The average molecular weight is 376 g/mol. The molecule has 1 saturated heterocycles. The van der Waals surface area contributed by atoms with Crippen molar-refractivity contribution in [3.63, 3.8) is 0 Å². The maximum atomic E-state index is 12.7. The van der Waals surface area contributed by atoms with Crippen molar-refractivity contribution in [2.45, 2.75) is 43.0 Å². The van der Waals surface area contributed by atoms with Crippen molar-refractivity contribution in [3.05, 3.63) is 41.7 Å². The molecule has 8 heteroatoms.